The zero-order chi connectivity index (χ0) is 23.9. The van der Waals surface area contributed by atoms with Gasteiger partial charge in [-0.2, -0.15) is 0 Å². The maximum atomic E-state index is 12.9. The third-order valence-electron chi connectivity index (χ3n) is 6.10. The van der Waals surface area contributed by atoms with Crippen LogP contribution in [0, 0.1) is 6.92 Å². The summed E-state index contributed by atoms with van der Waals surface area (Å²) >= 11 is 1.36. The summed E-state index contributed by atoms with van der Waals surface area (Å²) in [6.45, 7) is 8.97. The molecule has 1 saturated heterocycles. The maximum absolute atomic E-state index is 12.9. The predicted octanol–water partition coefficient (Wildman–Crippen LogP) is 4.66. The molecule has 3 aromatic rings. The molecule has 7 heteroatoms. The Hall–Kier alpha value is -3.00. The van der Waals surface area contributed by atoms with Gasteiger partial charge in [0, 0.05) is 43.7 Å². The first kappa shape index (κ1) is 24.1. The first-order valence-electron chi connectivity index (χ1n) is 11.7. The SMILES string of the molecule is CCOC(=O)c1c(-c2ccccc2)csc1NC(=O)CN1CCN(Cc2ccccc2C)CC1. The molecule has 2 aromatic carbocycles. The van der Waals surface area contributed by atoms with E-state index in [2.05, 4.69) is 46.3 Å². The quantitative estimate of drug-likeness (QED) is 0.478. The van der Waals surface area contributed by atoms with Crippen LogP contribution in [0.25, 0.3) is 11.1 Å². The Morgan fingerprint density at radius 1 is 0.971 bits per heavy atom. The Kier molecular flexibility index (Phi) is 8.11. The number of rotatable bonds is 8. The first-order valence-corrected chi connectivity index (χ1v) is 12.6. The Balaban J connectivity index is 1.36. The second-order valence-electron chi connectivity index (χ2n) is 8.47. The summed E-state index contributed by atoms with van der Waals surface area (Å²) in [4.78, 5) is 30.2. The molecule has 178 valence electrons. The molecule has 0 atom stereocenters. The smallest absolute Gasteiger partial charge is 0.341 e. The average molecular weight is 478 g/mol. The number of nitrogens with one attached hydrogen (secondary N) is 1. The van der Waals surface area contributed by atoms with Gasteiger partial charge in [-0.1, -0.05) is 54.6 Å². The van der Waals surface area contributed by atoms with Gasteiger partial charge in [0.15, 0.2) is 0 Å². The number of nitrogens with zero attached hydrogens (tertiary/aromatic N) is 2. The van der Waals surface area contributed by atoms with Crippen molar-refractivity contribution in [1.29, 1.82) is 0 Å². The van der Waals surface area contributed by atoms with E-state index < -0.39 is 5.97 Å². The largest absolute Gasteiger partial charge is 0.462 e. The fourth-order valence-electron chi connectivity index (χ4n) is 4.19. The molecule has 2 heterocycles. The summed E-state index contributed by atoms with van der Waals surface area (Å²) in [6.07, 6.45) is 0. The van der Waals surface area contributed by atoms with Crippen LogP contribution in [0.1, 0.15) is 28.4 Å². The summed E-state index contributed by atoms with van der Waals surface area (Å²) < 4.78 is 5.29. The Labute approximate surface area is 205 Å². The molecule has 1 aromatic heterocycles. The van der Waals surface area contributed by atoms with Gasteiger partial charge in [-0.05, 0) is 30.5 Å². The minimum Gasteiger partial charge on any atom is -0.462 e. The molecule has 4 rings (SSSR count). The zero-order valence-corrected chi connectivity index (χ0v) is 20.6. The van der Waals surface area contributed by atoms with Gasteiger partial charge < -0.3 is 10.1 Å². The number of amides is 1. The molecule has 1 aliphatic rings. The van der Waals surface area contributed by atoms with Gasteiger partial charge in [0.2, 0.25) is 5.91 Å². The summed E-state index contributed by atoms with van der Waals surface area (Å²) in [6, 6.07) is 18.2. The summed E-state index contributed by atoms with van der Waals surface area (Å²) in [5.41, 5.74) is 4.80. The van der Waals surface area contributed by atoms with E-state index in [9.17, 15) is 9.59 Å². The van der Waals surface area contributed by atoms with Gasteiger partial charge in [-0.15, -0.1) is 11.3 Å². The standard InChI is InChI=1S/C27H31N3O3S/c1-3-33-27(32)25-23(21-10-5-4-6-11-21)19-34-26(25)28-24(31)18-30-15-13-29(14-16-30)17-22-12-8-7-9-20(22)2/h4-12,19H,3,13-18H2,1-2H3,(H,28,31). The van der Waals surface area contributed by atoms with Crippen molar-refractivity contribution in [3.05, 3.63) is 76.7 Å². The number of aryl methyl sites for hydroxylation is 1. The number of piperazine rings is 1. The Bertz CT molecular complexity index is 1120. The van der Waals surface area contributed by atoms with Crippen LogP contribution >= 0.6 is 11.3 Å². The molecule has 0 aliphatic carbocycles. The van der Waals surface area contributed by atoms with Crippen molar-refractivity contribution in [3.63, 3.8) is 0 Å². The van der Waals surface area contributed by atoms with Crippen molar-refractivity contribution in [2.75, 3.05) is 44.6 Å². The van der Waals surface area contributed by atoms with Crippen LogP contribution in [0.15, 0.2) is 60.0 Å². The fourth-order valence-corrected chi connectivity index (χ4v) is 5.16. The number of hydrogen-bond donors (Lipinski definition) is 1. The number of ether oxygens (including phenoxy) is 1. The van der Waals surface area contributed by atoms with Gasteiger partial charge in [0.1, 0.15) is 10.6 Å². The van der Waals surface area contributed by atoms with E-state index in [4.69, 9.17) is 4.74 Å². The molecule has 1 aliphatic heterocycles. The summed E-state index contributed by atoms with van der Waals surface area (Å²) in [5.74, 6) is -0.526. The van der Waals surface area contributed by atoms with Gasteiger partial charge in [-0.3, -0.25) is 14.6 Å². The number of benzene rings is 2. The highest BCUT2D eigenvalue weighted by Gasteiger charge is 2.24. The van der Waals surface area contributed by atoms with Gasteiger partial charge in [0.05, 0.1) is 13.2 Å². The van der Waals surface area contributed by atoms with Crippen LogP contribution in [0.2, 0.25) is 0 Å². The van der Waals surface area contributed by atoms with Crippen molar-refractivity contribution in [2.24, 2.45) is 0 Å². The molecule has 1 amide bonds. The lowest BCUT2D eigenvalue weighted by molar-refractivity contribution is -0.117. The number of carbonyl (C=O) groups is 2. The fraction of sp³-hybridized carbons (Fsp3) is 0.333. The van der Waals surface area contributed by atoms with Crippen molar-refractivity contribution in [1.82, 2.24) is 9.80 Å². The number of thiophene rings is 1. The van der Waals surface area contributed by atoms with Crippen LogP contribution < -0.4 is 5.32 Å². The van der Waals surface area contributed by atoms with Crippen molar-refractivity contribution >= 4 is 28.2 Å². The molecule has 0 spiro atoms. The number of hydrogen-bond acceptors (Lipinski definition) is 6. The van der Waals surface area contributed by atoms with Crippen LogP contribution in [0.3, 0.4) is 0 Å². The third-order valence-corrected chi connectivity index (χ3v) is 6.99. The average Bonchev–Trinajstić information content (AvgIpc) is 3.26. The lowest BCUT2D eigenvalue weighted by Crippen LogP contribution is -2.48. The number of anilines is 1. The molecule has 0 saturated carbocycles. The van der Waals surface area contributed by atoms with Crippen LogP contribution in [0.4, 0.5) is 5.00 Å². The Morgan fingerprint density at radius 3 is 2.35 bits per heavy atom. The van der Waals surface area contributed by atoms with Crippen LogP contribution in [-0.2, 0) is 16.1 Å². The molecule has 1 N–H and O–H groups in total. The highest BCUT2D eigenvalue weighted by atomic mass is 32.1. The number of carbonyl (C=O) groups excluding carboxylic acids is 2. The van der Waals surface area contributed by atoms with Gasteiger partial charge in [0.25, 0.3) is 0 Å². The Morgan fingerprint density at radius 2 is 1.65 bits per heavy atom. The van der Waals surface area contributed by atoms with Crippen LogP contribution in [0.5, 0.6) is 0 Å². The van der Waals surface area contributed by atoms with Crippen molar-refractivity contribution in [3.8, 4) is 11.1 Å². The minimum atomic E-state index is -0.414. The molecular formula is C27H31N3O3S. The second kappa shape index (κ2) is 11.4. The second-order valence-corrected chi connectivity index (χ2v) is 9.35. The van der Waals surface area contributed by atoms with Gasteiger partial charge >= 0.3 is 5.97 Å². The topological polar surface area (TPSA) is 61.9 Å². The van der Waals surface area contributed by atoms with E-state index in [0.717, 1.165) is 43.9 Å². The first-order chi connectivity index (χ1) is 16.5. The van der Waals surface area contributed by atoms with E-state index in [-0.39, 0.29) is 12.5 Å². The molecule has 34 heavy (non-hydrogen) atoms. The van der Waals surface area contributed by atoms with Crippen LogP contribution in [-0.4, -0.2) is 61.0 Å². The van der Waals surface area contributed by atoms with Gasteiger partial charge in [-0.25, -0.2) is 4.79 Å². The predicted molar refractivity (Wildman–Crippen MR) is 137 cm³/mol. The zero-order valence-electron chi connectivity index (χ0n) is 19.8. The van der Waals surface area contributed by atoms with E-state index in [1.165, 1.54) is 22.5 Å². The third kappa shape index (κ3) is 5.91. The molecule has 0 radical (unpaired) electrons. The van der Waals surface area contributed by atoms with E-state index in [1.807, 2.05) is 35.7 Å². The maximum Gasteiger partial charge on any atom is 0.341 e. The molecule has 6 nitrogen and oxygen atoms in total. The monoisotopic (exact) mass is 477 g/mol. The lowest BCUT2D eigenvalue weighted by atomic mass is 10.0. The number of esters is 1. The van der Waals surface area contributed by atoms with Crippen molar-refractivity contribution < 1.29 is 14.3 Å². The van der Waals surface area contributed by atoms with E-state index in [1.54, 1.807) is 6.92 Å². The minimum absolute atomic E-state index is 0.112. The molecule has 1 fully saturated rings. The van der Waals surface area contributed by atoms with E-state index in [0.29, 0.717) is 17.1 Å². The van der Waals surface area contributed by atoms with Crippen molar-refractivity contribution in [2.45, 2.75) is 20.4 Å². The summed E-state index contributed by atoms with van der Waals surface area (Å²) in [5, 5.41) is 5.42. The summed E-state index contributed by atoms with van der Waals surface area (Å²) in [7, 11) is 0. The molecule has 0 unspecified atom stereocenters. The van der Waals surface area contributed by atoms with E-state index >= 15 is 0 Å². The normalized spacial score (nSPS) is 14.6. The lowest BCUT2D eigenvalue weighted by Gasteiger charge is -2.34. The highest BCUT2D eigenvalue weighted by Crippen LogP contribution is 2.36. The highest BCUT2D eigenvalue weighted by molar-refractivity contribution is 7.15. The molecule has 0 bridgehead atoms. The molecular weight excluding hydrogens is 446 g/mol.